The van der Waals surface area contributed by atoms with Crippen LogP contribution in [0.1, 0.15) is 27.1 Å². The number of benzene rings is 3. The summed E-state index contributed by atoms with van der Waals surface area (Å²) in [6.45, 7) is 1.03. The summed E-state index contributed by atoms with van der Waals surface area (Å²) in [5.41, 5.74) is 3.05. The highest BCUT2D eigenvalue weighted by molar-refractivity contribution is 7.99. The average molecular weight is 438 g/mol. The molecule has 0 fully saturated rings. The molecule has 156 valence electrons. The quantitative estimate of drug-likeness (QED) is 0.393. The van der Waals surface area contributed by atoms with E-state index in [1.807, 2.05) is 30.3 Å². The van der Waals surface area contributed by atoms with Gasteiger partial charge < -0.3 is 4.90 Å². The van der Waals surface area contributed by atoms with Crippen LogP contribution in [-0.2, 0) is 0 Å². The second-order valence-corrected chi connectivity index (χ2v) is 8.97. The Morgan fingerprint density at radius 1 is 0.719 bits per heavy atom. The molecule has 0 spiro atoms. The summed E-state index contributed by atoms with van der Waals surface area (Å²) in [6.07, 6.45) is 0.651. The molecule has 3 heterocycles. The van der Waals surface area contributed by atoms with E-state index in [1.54, 1.807) is 36.0 Å². The van der Waals surface area contributed by atoms with Crippen molar-refractivity contribution in [1.82, 2.24) is 9.88 Å². The molecular formula is C26H19N3O2S. The highest BCUT2D eigenvalue weighted by atomic mass is 32.2. The van der Waals surface area contributed by atoms with Crippen molar-refractivity contribution in [2.45, 2.75) is 16.2 Å². The number of carbonyl (C=O) groups is 2. The number of imide groups is 1. The van der Waals surface area contributed by atoms with E-state index >= 15 is 0 Å². The van der Waals surface area contributed by atoms with Gasteiger partial charge in [-0.2, -0.15) is 0 Å². The van der Waals surface area contributed by atoms with Crippen molar-refractivity contribution in [2.24, 2.45) is 0 Å². The van der Waals surface area contributed by atoms with E-state index in [4.69, 9.17) is 4.98 Å². The summed E-state index contributed by atoms with van der Waals surface area (Å²) in [4.78, 5) is 36.3. The zero-order chi connectivity index (χ0) is 21.7. The summed E-state index contributed by atoms with van der Waals surface area (Å²) < 4.78 is 0. The van der Waals surface area contributed by atoms with Crippen LogP contribution in [0.25, 0.3) is 10.9 Å². The minimum absolute atomic E-state index is 0.204. The number of anilines is 2. The first-order valence-corrected chi connectivity index (χ1v) is 11.4. The van der Waals surface area contributed by atoms with E-state index in [1.165, 1.54) is 9.80 Å². The molecule has 2 amide bonds. The van der Waals surface area contributed by atoms with Gasteiger partial charge in [0.2, 0.25) is 0 Å². The first-order valence-electron chi connectivity index (χ1n) is 10.6. The second kappa shape index (κ2) is 7.50. The Labute approximate surface area is 189 Å². The lowest BCUT2D eigenvalue weighted by Crippen LogP contribution is -2.33. The molecule has 0 aliphatic carbocycles. The predicted molar refractivity (Wildman–Crippen MR) is 126 cm³/mol. The fourth-order valence-corrected chi connectivity index (χ4v) is 5.51. The maximum absolute atomic E-state index is 12.7. The highest BCUT2D eigenvalue weighted by Gasteiger charge is 2.35. The van der Waals surface area contributed by atoms with Crippen LogP contribution in [-0.4, -0.2) is 34.8 Å². The number of hydrogen-bond donors (Lipinski definition) is 0. The number of hydrogen-bond acceptors (Lipinski definition) is 5. The molecule has 0 saturated carbocycles. The van der Waals surface area contributed by atoms with Gasteiger partial charge in [-0.05, 0) is 42.8 Å². The average Bonchev–Trinajstić information content (AvgIpc) is 3.07. The molecule has 0 saturated heterocycles. The van der Waals surface area contributed by atoms with Crippen LogP contribution in [0.5, 0.6) is 0 Å². The van der Waals surface area contributed by atoms with Crippen LogP contribution in [0.2, 0.25) is 0 Å². The first kappa shape index (κ1) is 19.1. The number of aromatic nitrogens is 1. The van der Waals surface area contributed by atoms with Crippen molar-refractivity contribution in [1.29, 1.82) is 0 Å². The van der Waals surface area contributed by atoms with Gasteiger partial charge in [0.1, 0.15) is 5.82 Å². The predicted octanol–water partition coefficient (Wildman–Crippen LogP) is 5.52. The first-order chi connectivity index (χ1) is 15.7. The Balaban J connectivity index is 1.29. The van der Waals surface area contributed by atoms with Crippen molar-refractivity contribution in [3.8, 4) is 0 Å². The fraction of sp³-hybridized carbons (Fsp3) is 0.115. The lowest BCUT2D eigenvalue weighted by molar-refractivity contribution is 0.0653. The van der Waals surface area contributed by atoms with Crippen LogP contribution in [0.3, 0.4) is 0 Å². The van der Waals surface area contributed by atoms with Gasteiger partial charge in [-0.3, -0.25) is 14.5 Å². The Hall–Kier alpha value is -3.64. The molecule has 4 aromatic rings. The van der Waals surface area contributed by atoms with Crippen molar-refractivity contribution in [3.63, 3.8) is 0 Å². The fourth-order valence-electron chi connectivity index (χ4n) is 4.41. The van der Waals surface area contributed by atoms with Gasteiger partial charge in [-0.15, -0.1) is 0 Å². The Kier molecular flexibility index (Phi) is 4.47. The Morgan fingerprint density at radius 3 is 2.19 bits per heavy atom. The lowest BCUT2D eigenvalue weighted by Gasteiger charge is -2.32. The molecule has 0 bridgehead atoms. The Morgan fingerprint density at radius 2 is 1.38 bits per heavy atom. The maximum atomic E-state index is 12.7. The molecule has 0 atom stereocenters. The Bertz CT molecular complexity index is 1370. The third kappa shape index (κ3) is 2.99. The number of rotatable bonds is 4. The molecule has 6 rings (SSSR count). The van der Waals surface area contributed by atoms with Crippen LogP contribution in [0, 0.1) is 0 Å². The standard InChI is InChI=1S/C26H19N3O2S/c30-25-18-9-2-3-10-19(18)26(31)29(25)15-7-14-28-21-12-5-6-13-22(21)32-23-16-17-8-1-4-11-20(17)27-24(23)28/h1-6,8-13,16H,7,14-15H2. The molecule has 5 nitrogen and oxygen atoms in total. The molecule has 0 N–H and O–H groups in total. The molecular weight excluding hydrogens is 418 g/mol. The van der Waals surface area contributed by atoms with Gasteiger partial charge in [-0.25, -0.2) is 4.98 Å². The molecule has 32 heavy (non-hydrogen) atoms. The lowest BCUT2D eigenvalue weighted by atomic mass is 10.1. The summed E-state index contributed by atoms with van der Waals surface area (Å²) in [5.74, 6) is 0.518. The zero-order valence-corrected chi connectivity index (χ0v) is 18.0. The van der Waals surface area contributed by atoms with E-state index in [9.17, 15) is 9.59 Å². The number of para-hydroxylation sites is 2. The molecule has 2 aliphatic rings. The molecule has 2 aliphatic heterocycles. The van der Waals surface area contributed by atoms with E-state index in [2.05, 4.69) is 29.2 Å². The number of fused-ring (bicyclic) bond motifs is 4. The largest absolute Gasteiger partial charge is 0.324 e. The van der Waals surface area contributed by atoms with E-state index in [0.29, 0.717) is 30.6 Å². The molecule has 1 aromatic heterocycles. The van der Waals surface area contributed by atoms with E-state index < -0.39 is 0 Å². The van der Waals surface area contributed by atoms with Gasteiger partial charge >= 0.3 is 0 Å². The van der Waals surface area contributed by atoms with Gasteiger partial charge in [0.25, 0.3) is 11.8 Å². The topological polar surface area (TPSA) is 53.5 Å². The molecule has 0 radical (unpaired) electrons. The molecule has 0 unspecified atom stereocenters. The van der Waals surface area contributed by atoms with Crippen LogP contribution < -0.4 is 4.90 Å². The SMILES string of the molecule is O=C1c2ccccc2C(=O)N1CCCN1c2ccccc2Sc2cc3ccccc3nc21. The highest BCUT2D eigenvalue weighted by Crippen LogP contribution is 2.48. The number of amides is 2. The van der Waals surface area contributed by atoms with Crippen LogP contribution in [0.15, 0.2) is 88.7 Å². The smallest absolute Gasteiger partial charge is 0.261 e. The van der Waals surface area contributed by atoms with Crippen molar-refractivity contribution in [2.75, 3.05) is 18.0 Å². The van der Waals surface area contributed by atoms with Crippen molar-refractivity contribution in [3.05, 3.63) is 90.0 Å². The van der Waals surface area contributed by atoms with Gasteiger partial charge in [0.15, 0.2) is 0 Å². The maximum Gasteiger partial charge on any atom is 0.261 e. The molecule has 3 aromatic carbocycles. The van der Waals surface area contributed by atoms with Crippen LogP contribution >= 0.6 is 11.8 Å². The summed E-state index contributed by atoms with van der Waals surface area (Å²) in [6, 6.07) is 25.6. The van der Waals surface area contributed by atoms with E-state index in [0.717, 1.165) is 27.3 Å². The third-order valence-corrected chi connectivity index (χ3v) is 7.03. The minimum Gasteiger partial charge on any atom is -0.324 e. The molecule has 6 heteroatoms. The van der Waals surface area contributed by atoms with Crippen molar-refractivity contribution < 1.29 is 9.59 Å². The number of carbonyl (C=O) groups excluding carboxylic acids is 2. The van der Waals surface area contributed by atoms with Gasteiger partial charge in [0.05, 0.1) is 27.2 Å². The summed E-state index contributed by atoms with van der Waals surface area (Å²) in [5, 5.41) is 1.11. The van der Waals surface area contributed by atoms with Crippen LogP contribution in [0.4, 0.5) is 11.5 Å². The van der Waals surface area contributed by atoms with Crippen molar-refractivity contribution >= 4 is 46.0 Å². The van der Waals surface area contributed by atoms with E-state index in [-0.39, 0.29) is 11.8 Å². The summed E-state index contributed by atoms with van der Waals surface area (Å²) >= 11 is 1.73. The summed E-state index contributed by atoms with van der Waals surface area (Å²) in [7, 11) is 0. The monoisotopic (exact) mass is 437 g/mol. The minimum atomic E-state index is -0.204. The van der Waals surface area contributed by atoms with Gasteiger partial charge in [-0.1, -0.05) is 54.2 Å². The zero-order valence-electron chi connectivity index (χ0n) is 17.2. The normalized spacial score (nSPS) is 14.5. The number of nitrogens with zero attached hydrogens (tertiary/aromatic N) is 3. The second-order valence-electron chi connectivity index (χ2n) is 7.89. The van der Waals surface area contributed by atoms with Gasteiger partial charge in [0, 0.05) is 23.4 Å². The number of pyridine rings is 1. The third-order valence-electron chi connectivity index (χ3n) is 5.94.